The van der Waals surface area contributed by atoms with Gasteiger partial charge in [0.2, 0.25) is 23.9 Å². The molecule has 2 aromatic carbocycles. The highest BCUT2D eigenvalue weighted by molar-refractivity contribution is 7.46. The van der Waals surface area contributed by atoms with Gasteiger partial charge in [-0.1, -0.05) is 31.1 Å². The van der Waals surface area contributed by atoms with Crippen LogP contribution in [0.4, 0.5) is 8.78 Å². The summed E-state index contributed by atoms with van der Waals surface area (Å²) in [5.74, 6) is -4.51. The fraction of sp³-hybridized carbons (Fsp3) is 0.447. The lowest BCUT2D eigenvalue weighted by molar-refractivity contribution is -0.151. The predicted octanol–water partition coefficient (Wildman–Crippen LogP) is 4.69. The summed E-state index contributed by atoms with van der Waals surface area (Å²) in [6.07, 6.45) is 1.99. The molecule has 1 aromatic heterocycles. The molecule has 3 aliphatic rings. The second-order valence-corrected chi connectivity index (χ2v) is 16.3. The van der Waals surface area contributed by atoms with E-state index in [1.807, 2.05) is 6.92 Å². The van der Waals surface area contributed by atoms with E-state index in [9.17, 15) is 42.3 Å². The van der Waals surface area contributed by atoms with Crippen molar-refractivity contribution in [2.24, 2.45) is 5.16 Å². The Morgan fingerprint density at radius 3 is 2.56 bits per heavy atom. The Morgan fingerprint density at radius 1 is 1.16 bits per heavy atom. The summed E-state index contributed by atoms with van der Waals surface area (Å²) in [7, 11) is -3.53. The van der Waals surface area contributed by atoms with E-state index < -0.39 is 84.4 Å². The Kier molecular flexibility index (Phi) is 11.3. The molecule has 0 saturated carbocycles. The number of ether oxygens (including phenoxy) is 3. The van der Waals surface area contributed by atoms with Crippen LogP contribution in [0.1, 0.15) is 95.6 Å². The molecule has 2 amide bonds. The van der Waals surface area contributed by atoms with Crippen LogP contribution in [0.3, 0.4) is 0 Å². The van der Waals surface area contributed by atoms with Crippen LogP contribution in [-0.2, 0) is 35.6 Å². The Labute approximate surface area is 325 Å². The molecule has 19 heteroatoms. The maximum absolute atomic E-state index is 14.4. The number of amides is 2. The first-order valence-electron chi connectivity index (χ1n) is 18.0. The van der Waals surface area contributed by atoms with Crippen LogP contribution in [0, 0.1) is 25.5 Å². The summed E-state index contributed by atoms with van der Waals surface area (Å²) < 4.78 is 62.8. The summed E-state index contributed by atoms with van der Waals surface area (Å²) in [4.78, 5) is 82.1. The molecular weight excluding hydrogens is 773 g/mol. The Morgan fingerprint density at radius 2 is 1.89 bits per heavy atom. The lowest BCUT2D eigenvalue weighted by Crippen LogP contribution is -2.52. The van der Waals surface area contributed by atoms with Gasteiger partial charge in [0.15, 0.2) is 11.3 Å². The predicted molar refractivity (Wildman–Crippen MR) is 198 cm³/mol. The van der Waals surface area contributed by atoms with Gasteiger partial charge in [-0.2, -0.15) is 0 Å². The number of methoxy groups -OCH3 is 1. The molecule has 0 radical (unpaired) electrons. The zero-order valence-electron chi connectivity index (χ0n) is 32.1. The molecule has 1 fully saturated rings. The first kappa shape index (κ1) is 41.3. The molecule has 57 heavy (non-hydrogen) atoms. The van der Waals surface area contributed by atoms with Gasteiger partial charge in [-0.25, -0.2) is 13.3 Å². The fourth-order valence-electron chi connectivity index (χ4n) is 7.90. The molecular formula is C38H43F2N4O12P. The molecule has 306 valence electrons. The fourth-order valence-corrected chi connectivity index (χ4v) is 8.30. The number of carbonyl (C=O) groups is 3. The topological polar surface area (TPSA) is 205 Å². The first-order valence-corrected chi connectivity index (χ1v) is 19.5. The van der Waals surface area contributed by atoms with E-state index in [-0.39, 0.29) is 42.4 Å². The lowest BCUT2D eigenvalue weighted by atomic mass is 9.78. The number of aryl methyl sites for hydroxylation is 2. The average Bonchev–Trinajstić information content (AvgIpc) is 3.48. The number of oxime groups is 1. The van der Waals surface area contributed by atoms with E-state index in [1.54, 1.807) is 38.7 Å². The number of halogens is 2. The summed E-state index contributed by atoms with van der Waals surface area (Å²) >= 11 is 0. The molecule has 3 aromatic rings. The normalized spacial score (nSPS) is 20.3. The highest BCUT2D eigenvalue weighted by atomic mass is 31.2. The van der Waals surface area contributed by atoms with Crippen LogP contribution in [0.15, 0.2) is 46.5 Å². The van der Waals surface area contributed by atoms with Crippen molar-refractivity contribution < 1.29 is 61.1 Å². The number of phosphoric acid groups is 1. The zero-order valence-corrected chi connectivity index (χ0v) is 33.0. The minimum Gasteiger partial charge on any atom is -0.482 e. The molecule has 1 spiro atoms. The Hall–Kier alpha value is -5.32. The van der Waals surface area contributed by atoms with Gasteiger partial charge in [-0.3, -0.25) is 29.0 Å². The molecule has 2 bridgehead atoms. The van der Waals surface area contributed by atoms with Crippen LogP contribution < -0.4 is 20.0 Å². The smallest absolute Gasteiger partial charge is 0.482 e. The van der Waals surface area contributed by atoms with Gasteiger partial charge in [0.05, 0.1) is 26.0 Å². The quantitative estimate of drug-likeness (QED) is 0.137. The van der Waals surface area contributed by atoms with Gasteiger partial charge < -0.3 is 38.4 Å². The summed E-state index contributed by atoms with van der Waals surface area (Å²) in [6, 6.07) is 5.00. The van der Waals surface area contributed by atoms with Crippen molar-refractivity contribution in [1.82, 2.24) is 14.8 Å². The van der Waals surface area contributed by atoms with Gasteiger partial charge in [0.1, 0.15) is 22.9 Å². The molecule has 3 aliphatic heterocycles. The van der Waals surface area contributed by atoms with Crippen LogP contribution in [0.5, 0.6) is 11.5 Å². The maximum atomic E-state index is 14.4. The van der Waals surface area contributed by atoms with E-state index in [2.05, 4.69) is 10.5 Å². The van der Waals surface area contributed by atoms with Gasteiger partial charge in [-0.05, 0) is 56.9 Å². The highest BCUT2D eigenvalue weighted by Crippen LogP contribution is 2.47. The van der Waals surface area contributed by atoms with Crippen LogP contribution in [0.2, 0.25) is 0 Å². The van der Waals surface area contributed by atoms with Crippen LogP contribution >= 0.6 is 7.82 Å². The number of benzene rings is 2. The number of pyridine rings is 1. The van der Waals surface area contributed by atoms with Gasteiger partial charge >= 0.3 is 13.8 Å². The number of hydrogen-bond acceptors (Lipinski definition) is 11. The number of rotatable bonds is 11. The number of fused-ring (bicyclic) bond motifs is 5. The summed E-state index contributed by atoms with van der Waals surface area (Å²) in [5.41, 5.74) is -2.36. The van der Waals surface area contributed by atoms with Gasteiger partial charge in [0.25, 0.3) is 11.8 Å². The Bertz CT molecular complexity index is 2270. The number of aromatic nitrogens is 1. The molecule has 6 rings (SSSR count). The van der Waals surface area contributed by atoms with Crippen molar-refractivity contribution in [3.8, 4) is 11.5 Å². The second kappa shape index (κ2) is 15.6. The molecule has 0 aliphatic carbocycles. The van der Waals surface area contributed by atoms with Crippen molar-refractivity contribution in [3.63, 3.8) is 0 Å². The zero-order chi connectivity index (χ0) is 41.6. The summed E-state index contributed by atoms with van der Waals surface area (Å²) in [5, 5.41) is 6.58. The third-order valence-electron chi connectivity index (χ3n) is 10.5. The van der Waals surface area contributed by atoms with E-state index in [0.29, 0.717) is 41.5 Å². The highest BCUT2D eigenvalue weighted by Gasteiger charge is 2.55. The monoisotopic (exact) mass is 816 g/mol. The van der Waals surface area contributed by atoms with Crippen LogP contribution in [0.25, 0.3) is 0 Å². The van der Waals surface area contributed by atoms with Crippen molar-refractivity contribution in [3.05, 3.63) is 91.9 Å². The third kappa shape index (κ3) is 8.38. The third-order valence-corrected chi connectivity index (χ3v) is 11.0. The first-order chi connectivity index (χ1) is 26.7. The number of esters is 1. The minimum absolute atomic E-state index is 0.0542. The number of hydrogen-bond donors (Lipinski definition) is 3. The molecule has 3 N–H and O–H groups in total. The van der Waals surface area contributed by atoms with E-state index >= 15 is 0 Å². The number of carbonyl (C=O) groups excluding carboxylic acids is 3. The van der Waals surface area contributed by atoms with Gasteiger partial charge in [-0.15, -0.1) is 0 Å². The van der Waals surface area contributed by atoms with Crippen molar-refractivity contribution in [1.29, 1.82) is 0 Å². The van der Waals surface area contributed by atoms with Crippen molar-refractivity contribution in [2.45, 2.75) is 89.9 Å². The molecule has 3 atom stereocenters. The lowest BCUT2D eigenvalue weighted by Gasteiger charge is -2.42. The van der Waals surface area contributed by atoms with Gasteiger partial charge in [0, 0.05) is 47.9 Å². The largest absolute Gasteiger partial charge is 0.524 e. The Balaban J connectivity index is 1.33. The minimum atomic E-state index is -4.97. The van der Waals surface area contributed by atoms with E-state index in [1.165, 1.54) is 23.9 Å². The maximum Gasteiger partial charge on any atom is 0.524 e. The molecule has 1 saturated heterocycles. The van der Waals surface area contributed by atoms with E-state index in [0.717, 1.165) is 12.1 Å². The standard InChI is InChI=1S/C38H43F2N4O12P/c1-20-11-21(2)31(27(12-20)55-57(49,50)51)37(4,5)15-30(45)53-19-54-34-32-36(48)43-18-28(38(10-9-22(43)3)14-29(52-6)42-56-38)44(32)17-25(33(34)46)35(47)41-16-23-7-8-24(39)13-26(23)40/h7-8,11-13,17,22,28H,9-10,14-16,18-19H2,1-6H3,(H,41,47)(H2,49,50,51)/t22-,28+,38-/m0/s1. The second-order valence-electron chi connectivity index (χ2n) is 15.1. The van der Waals surface area contributed by atoms with E-state index in [4.69, 9.17) is 23.6 Å². The number of phosphoric ester groups is 1. The number of nitrogens with zero attached hydrogens (tertiary/aromatic N) is 3. The summed E-state index contributed by atoms with van der Waals surface area (Å²) in [6.45, 7) is 7.39. The molecule has 16 nitrogen and oxygen atoms in total. The van der Waals surface area contributed by atoms with Crippen molar-refractivity contribution in [2.75, 3.05) is 20.4 Å². The van der Waals surface area contributed by atoms with Crippen LogP contribution in [-0.4, -0.2) is 75.0 Å². The molecule has 0 unspecified atom stereocenters. The van der Waals surface area contributed by atoms with Crippen molar-refractivity contribution >= 4 is 31.5 Å². The molecule has 4 heterocycles. The number of nitrogens with one attached hydrogen (secondary N) is 1. The average molecular weight is 817 g/mol. The SMILES string of the molecule is COC1=NO[C@@]2(CC[C@H](C)N3C[C@H]2n2cc(C(=O)NCc4ccc(F)cc4F)c(=O)c(OCOC(=O)CC(C)(C)c4c(C)cc(C)cc4OP(=O)(O)O)c2C3=O)C1.